The summed E-state index contributed by atoms with van der Waals surface area (Å²) in [5, 5.41) is 3.32. The van der Waals surface area contributed by atoms with Crippen molar-refractivity contribution in [2.24, 2.45) is 0 Å². The fourth-order valence-corrected chi connectivity index (χ4v) is 2.91. The molecular weight excluding hydrogens is 272 g/mol. The van der Waals surface area contributed by atoms with Gasteiger partial charge >= 0.3 is 0 Å². The van der Waals surface area contributed by atoms with Crippen molar-refractivity contribution in [2.45, 2.75) is 58.0 Å². The van der Waals surface area contributed by atoms with Gasteiger partial charge in [-0.3, -0.25) is 0 Å². The van der Waals surface area contributed by atoms with Gasteiger partial charge in [0.25, 0.3) is 0 Å². The van der Waals surface area contributed by atoms with E-state index in [1.54, 1.807) is 12.1 Å². The molecule has 5 heteroatoms. The molecule has 4 nitrogen and oxygen atoms in total. The van der Waals surface area contributed by atoms with E-state index in [0.29, 0.717) is 24.0 Å². The highest BCUT2D eigenvalue weighted by Crippen LogP contribution is 2.15. The molecule has 0 unspecified atom stereocenters. The van der Waals surface area contributed by atoms with Crippen molar-refractivity contribution in [1.29, 1.82) is 0 Å². The molecule has 0 aromatic heterocycles. The normalized spacial score (nSPS) is 12.1. The number of hydrogen-bond acceptors (Lipinski definition) is 3. The van der Waals surface area contributed by atoms with Crippen LogP contribution in [0.5, 0.6) is 0 Å². The smallest absolute Gasteiger partial charge is 0.240 e. The molecule has 0 aliphatic heterocycles. The second kappa shape index (κ2) is 7.76. The minimum Gasteiger partial charge on any atom is -0.310 e. The summed E-state index contributed by atoms with van der Waals surface area (Å²) in [6.45, 7) is 9.35. The zero-order chi connectivity index (χ0) is 15.2. The summed E-state index contributed by atoms with van der Waals surface area (Å²) in [6.07, 6.45) is 1.83. The maximum absolute atomic E-state index is 12.2. The van der Waals surface area contributed by atoms with Crippen molar-refractivity contribution in [1.82, 2.24) is 10.0 Å². The predicted octanol–water partition coefficient (Wildman–Crippen LogP) is 2.57. The first-order valence-corrected chi connectivity index (χ1v) is 8.67. The molecule has 0 spiro atoms. The van der Waals surface area contributed by atoms with E-state index in [9.17, 15) is 8.42 Å². The molecule has 0 radical (unpaired) electrons. The Labute approximate surface area is 123 Å². The van der Waals surface area contributed by atoms with Crippen LogP contribution in [0, 0.1) is 6.92 Å². The Bertz CT molecular complexity index is 525. The molecule has 114 valence electrons. The zero-order valence-electron chi connectivity index (χ0n) is 12.9. The van der Waals surface area contributed by atoms with Crippen LogP contribution >= 0.6 is 0 Å². The molecule has 20 heavy (non-hydrogen) atoms. The molecule has 1 aromatic carbocycles. The summed E-state index contributed by atoms with van der Waals surface area (Å²) >= 11 is 0. The molecule has 0 aliphatic carbocycles. The van der Waals surface area contributed by atoms with Gasteiger partial charge in [0.15, 0.2) is 0 Å². The van der Waals surface area contributed by atoms with Gasteiger partial charge in [-0.2, -0.15) is 0 Å². The summed E-state index contributed by atoms with van der Waals surface area (Å²) in [6, 6.07) is 5.67. The van der Waals surface area contributed by atoms with Crippen LogP contribution in [-0.4, -0.2) is 21.0 Å². The Morgan fingerprint density at radius 1 is 1.25 bits per heavy atom. The molecule has 0 heterocycles. The average Bonchev–Trinajstić information content (AvgIpc) is 2.37. The Balaban J connectivity index is 2.87. The first-order chi connectivity index (χ1) is 9.36. The number of benzene rings is 1. The molecular formula is C15H26N2O2S. The van der Waals surface area contributed by atoms with E-state index in [4.69, 9.17) is 0 Å². The summed E-state index contributed by atoms with van der Waals surface area (Å²) in [5.41, 5.74) is 2.13. The average molecular weight is 298 g/mol. The predicted molar refractivity (Wildman–Crippen MR) is 83.3 cm³/mol. The quantitative estimate of drug-likeness (QED) is 0.725. The number of rotatable bonds is 8. The van der Waals surface area contributed by atoms with Crippen molar-refractivity contribution in [3.8, 4) is 0 Å². The molecule has 1 rings (SSSR count). The number of hydrogen-bond donors (Lipinski definition) is 2. The van der Waals surface area contributed by atoms with E-state index in [2.05, 4.69) is 23.9 Å². The molecule has 2 N–H and O–H groups in total. The van der Waals surface area contributed by atoms with Crippen molar-refractivity contribution < 1.29 is 8.42 Å². The van der Waals surface area contributed by atoms with E-state index in [1.807, 2.05) is 19.9 Å². The van der Waals surface area contributed by atoms with Crippen LogP contribution in [0.2, 0.25) is 0 Å². The standard InChI is InChI=1S/C15H26N2O2S/c1-5-6-9-17-20(18,19)15-8-7-13(4)14(10-15)11-16-12(2)3/h7-8,10,12,16-17H,5-6,9,11H2,1-4H3. The third-order valence-corrected chi connectivity index (χ3v) is 4.61. The molecule has 1 aromatic rings. The highest BCUT2D eigenvalue weighted by molar-refractivity contribution is 7.89. The Hall–Kier alpha value is -0.910. The van der Waals surface area contributed by atoms with E-state index in [-0.39, 0.29) is 0 Å². The fourth-order valence-electron chi connectivity index (χ4n) is 1.79. The molecule has 0 aliphatic rings. The van der Waals surface area contributed by atoms with Gasteiger partial charge in [0.05, 0.1) is 4.90 Å². The van der Waals surface area contributed by atoms with Crippen LogP contribution in [0.1, 0.15) is 44.7 Å². The maximum atomic E-state index is 12.2. The van der Waals surface area contributed by atoms with Gasteiger partial charge < -0.3 is 5.32 Å². The van der Waals surface area contributed by atoms with Gasteiger partial charge in [-0.05, 0) is 36.6 Å². The lowest BCUT2D eigenvalue weighted by atomic mass is 10.1. The highest BCUT2D eigenvalue weighted by atomic mass is 32.2. The minimum atomic E-state index is -3.39. The summed E-state index contributed by atoms with van der Waals surface area (Å²) in [7, 11) is -3.39. The summed E-state index contributed by atoms with van der Waals surface area (Å²) in [5.74, 6) is 0. The van der Waals surface area contributed by atoms with Crippen LogP contribution in [-0.2, 0) is 16.6 Å². The van der Waals surface area contributed by atoms with Gasteiger partial charge in [0.1, 0.15) is 0 Å². The van der Waals surface area contributed by atoms with Crippen molar-refractivity contribution in [3.63, 3.8) is 0 Å². The number of unbranched alkanes of at least 4 members (excludes halogenated alkanes) is 1. The maximum Gasteiger partial charge on any atom is 0.240 e. The van der Waals surface area contributed by atoms with Crippen LogP contribution < -0.4 is 10.0 Å². The molecule has 0 saturated carbocycles. The van der Waals surface area contributed by atoms with Crippen LogP contribution in [0.4, 0.5) is 0 Å². The zero-order valence-corrected chi connectivity index (χ0v) is 13.7. The monoisotopic (exact) mass is 298 g/mol. The van der Waals surface area contributed by atoms with Crippen LogP contribution in [0.25, 0.3) is 0 Å². The van der Waals surface area contributed by atoms with Gasteiger partial charge in [0, 0.05) is 19.1 Å². The van der Waals surface area contributed by atoms with Gasteiger partial charge in [-0.25, -0.2) is 13.1 Å². The van der Waals surface area contributed by atoms with Crippen molar-refractivity contribution in [2.75, 3.05) is 6.54 Å². The molecule has 0 atom stereocenters. The topological polar surface area (TPSA) is 58.2 Å². The lowest BCUT2D eigenvalue weighted by Crippen LogP contribution is -2.25. The third kappa shape index (κ3) is 5.23. The molecule has 0 bridgehead atoms. The Morgan fingerprint density at radius 3 is 2.55 bits per heavy atom. The number of sulfonamides is 1. The number of nitrogens with one attached hydrogen (secondary N) is 2. The first-order valence-electron chi connectivity index (χ1n) is 7.19. The largest absolute Gasteiger partial charge is 0.310 e. The number of aryl methyl sites for hydroxylation is 1. The van der Waals surface area contributed by atoms with Crippen LogP contribution in [0.3, 0.4) is 0 Å². The third-order valence-electron chi connectivity index (χ3n) is 3.15. The molecule has 0 amide bonds. The highest BCUT2D eigenvalue weighted by Gasteiger charge is 2.14. The van der Waals surface area contributed by atoms with E-state index in [1.165, 1.54) is 0 Å². The lowest BCUT2D eigenvalue weighted by molar-refractivity contribution is 0.576. The first kappa shape index (κ1) is 17.1. The van der Waals surface area contributed by atoms with E-state index < -0.39 is 10.0 Å². The Kier molecular flexibility index (Phi) is 6.65. The van der Waals surface area contributed by atoms with Crippen LogP contribution in [0.15, 0.2) is 23.1 Å². The second-order valence-electron chi connectivity index (χ2n) is 5.38. The molecule has 0 fully saturated rings. The molecule has 0 saturated heterocycles. The Morgan fingerprint density at radius 2 is 1.95 bits per heavy atom. The SMILES string of the molecule is CCCCNS(=O)(=O)c1ccc(C)c(CNC(C)C)c1. The minimum absolute atomic E-state index is 0.347. The fraction of sp³-hybridized carbons (Fsp3) is 0.600. The van der Waals surface area contributed by atoms with Crippen molar-refractivity contribution >= 4 is 10.0 Å². The van der Waals surface area contributed by atoms with Crippen molar-refractivity contribution in [3.05, 3.63) is 29.3 Å². The van der Waals surface area contributed by atoms with E-state index in [0.717, 1.165) is 24.0 Å². The van der Waals surface area contributed by atoms with E-state index >= 15 is 0 Å². The lowest BCUT2D eigenvalue weighted by Gasteiger charge is -2.13. The summed E-state index contributed by atoms with van der Waals surface area (Å²) in [4.78, 5) is 0.347. The summed E-state index contributed by atoms with van der Waals surface area (Å²) < 4.78 is 27.0. The second-order valence-corrected chi connectivity index (χ2v) is 7.14. The van der Waals surface area contributed by atoms with Gasteiger partial charge in [-0.15, -0.1) is 0 Å². The van der Waals surface area contributed by atoms with Gasteiger partial charge in [-0.1, -0.05) is 33.3 Å². The van der Waals surface area contributed by atoms with Gasteiger partial charge in [0.2, 0.25) is 10.0 Å².